The molecule has 0 radical (unpaired) electrons. The molecule has 0 atom stereocenters. The number of aryl methyl sites for hydroxylation is 1. The van der Waals surface area contributed by atoms with Crippen LogP contribution in [-0.4, -0.2) is 22.2 Å². The average molecular weight is 347 g/mol. The third-order valence-corrected chi connectivity index (χ3v) is 3.21. The van der Waals surface area contributed by atoms with Gasteiger partial charge in [0.1, 0.15) is 0 Å². The molecule has 1 heterocycles. The topological polar surface area (TPSA) is 59.0 Å². The number of amides is 1. The fourth-order valence-corrected chi connectivity index (χ4v) is 2.04. The number of nitrogens with zero attached hydrogens (tertiary/aromatic N) is 2. The van der Waals surface area contributed by atoms with E-state index in [4.69, 9.17) is 11.6 Å². The Morgan fingerprint density at radius 3 is 2.74 bits per heavy atom. The van der Waals surface area contributed by atoms with Crippen LogP contribution in [0.3, 0.4) is 0 Å². The van der Waals surface area contributed by atoms with Crippen LogP contribution in [0.2, 0.25) is 5.02 Å². The van der Waals surface area contributed by atoms with Crippen LogP contribution in [0.5, 0.6) is 0 Å². The molecule has 0 spiro atoms. The van der Waals surface area contributed by atoms with E-state index in [0.29, 0.717) is 12.2 Å². The van der Waals surface area contributed by atoms with E-state index >= 15 is 0 Å². The minimum absolute atomic E-state index is 0.0552. The maximum atomic E-state index is 12.9. The standard InChI is InChI=1S/C14H14ClF3N4O/c1-2-22-8-10(6-20-22)19-7-13(23)21-12-4-3-9(15)5-11(12)14(16,17)18/h3-6,8,19H,2,7H2,1H3,(H,21,23). The van der Waals surface area contributed by atoms with Crippen LogP contribution in [0.25, 0.3) is 0 Å². The van der Waals surface area contributed by atoms with E-state index in [-0.39, 0.29) is 17.3 Å². The number of rotatable bonds is 5. The van der Waals surface area contributed by atoms with Crippen molar-refractivity contribution in [3.63, 3.8) is 0 Å². The highest BCUT2D eigenvalue weighted by Crippen LogP contribution is 2.36. The highest BCUT2D eigenvalue weighted by atomic mass is 35.5. The Balaban J connectivity index is 2.02. The normalized spacial score (nSPS) is 11.3. The van der Waals surface area contributed by atoms with Crippen molar-refractivity contribution in [3.8, 4) is 0 Å². The molecule has 0 bridgehead atoms. The third kappa shape index (κ3) is 4.62. The number of aromatic nitrogens is 2. The van der Waals surface area contributed by atoms with Gasteiger partial charge in [-0.15, -0.1) is 0 Å². The molecular weight excluding hydrogens is 333 g/mol. The van der Waals surface area contributed by atoms with Gasteiger partial charge in [-0.25, -0.2) is 0 Å². The number of hydrogen-bond donors (Lipinski definition) is 2. The minimum atomic E-state index is -4.61. The fourth-order valence-electron chi connectivity index (χ4n) is 1.86. The van der Waals surface area contributed by atoms with Crippen LogP contribution in [0.1, 0.15) is 12.5 Å². The molecule has 0 aliphatic rings. The van der Waals surface area contributed by atoms with Crippen LogP contribution >= 0.6 is 11.6 Å². The van der Waals surface area contributed by atoms with E-state index in [1.54, 1.807) is 10.9 Å². The van der Waals surface area contributed by atoms with E-state index in [1.807, 2.05) is 6.92 Å². The average Bonchev–Trinajstić information content (AvgIpc) is 2.94. The van der Waals surface area contributed by atoms with E-state index in [0.717, 1.165) is 12.1 Å². The first kappa shape index (κ1) is 17.1. The zero-order chi connectivity index (χ0) is 17.0. The van der Waals surface area contributed by atoms with Gasteiger partial charge in [0.2, 0.25) is 5.91 Å². The van der Waals surface area contributed by atoms with Gasteiger partial charge in [0, 0.05) is 17.8 Å². The summed E-state index contributed by atoms with van der Waals surface area (Å²) < 4.78 is 40.5. The van der Waals surface area contributed by atoms with Crippen molar-refractivity contribution in [1.29, 1.82) is 0 Å². The van der Waals surface area contributed by atoms with Crippen LogP contribution in [0, 0.1) is 0 Å². The second-order valence-corrected chi connectivity index (χ2v) is 5.11. The molecular formula is C14H14ClF3N4O. The number of carbonyl (C=O) groups is 1. The Morgan fingerprint density at radius 1 is 1.39 bits per heavy atom. The summed E-state index contributed by atoms with van der Waals surface area (Å²) >= 11 is 5.58. The zero-order valence-electron chi connectivity index (χ0n) is 12.1. The monoisotopic (exact) mass is 346 g/mol. The van der Waals surface area contributed by atoms with Gasteiger partial charge in [-0.1, -0.05) is 11.6 Å². The number of halogens is 4. The van der Waals surface area contributed by atoms with Gasteiger partial charge in [-0.2, -0.15) is 18.3 Å². The molecule has 124 valence electrons. The number of benzene rings is 1. The van der Waals surface area contributed by atoms with E-state index < -0.39 is 17.6 Å². The van der Waals surface area contributed by atoms with Crippen LogP contribution < -0.4 is 10.6 Å². The molecule has 0 saturated heterocycles. The molecule has 2 aromatic rings. The van der Waals surface area contributed by atoms with E-state index in [9.17, 15) is 18.0 Å². The van der Waals surface area contributed by atoms with Gasteiger partial charge in [0.05, 0.1) is 29.7 Å². The van der Waals surface area contributed by atoms with Crippen molar-refractivity contribution in [2.24, 2.45) is 0 Å². The maximum absolute atomic E-state index is 12.9. The van der Waals surface area contributed by atoms with Gasteiger partial charge in [0.15, 0.2) is 0 Å². The van der Waals surface area contributed by atoms with Gasteiger partial charge in [-0.05, 0) is 25.1 Å². The molecule has 1 aromatic heterocycles. The molecule has 0 unspecified atom stereocenters. The molecule has 0 saturated carbocycles. The van der Waals surface area contributed by atoms with Gasteiger partial charge >= 0.3 is 6.18 Å². The first-order valence-corrected chi connectivity index (χ1v) is 7.10. The van der Waals surface area contributed by atoms with E-state index in [1.165, 1.54) is 12.3 Å². The number of anilines is 2. The SMILES string of the molecule is CCn1cc(NCC(=O)Nc2ccc(Cl)cc2C(F)(F)F)cn1. The summed E-state index contributed by atoms with van der Waals surface area (Å²) in [5, 5.41) is 8.97. The Bertz CT molecular complexity index is 700. The summed E-state index contributed by atoms with van der Waals surface area (Å²) in [4.78, 5) is 11.8. The Morgan fingerprint density at radius 2 is 2.13 bits per heavy atom. The summed E-state index contributed by atoms with van der Waals surface area (Å²) in [5.74, 6) is -0.609. The van der Waals surface area contributed by atoms with Crippen LogP contribution in [0.4, 0.5) is 24.5 Å². The quantitative estimate of drug-likeness (QED) is 0.869. The smallest absolute Gasteiger partial charge is 0.374 e. The zero-order valence-corrected chi connectivity index (χ0v) is 12.9. The lowest BCUT2D eigenvalue weighted by molar-refractivity contribution is -0.137. The van der Waals surface area contributed by atoms with E-state index in [2.05, 4.69) is 15.7 Å². The lowest BCUT2D eigenvalue weighted by Gasteiger charge is -2.14. The van der Waals surface area contributed by atoms with Crippen molar-refractivity contribution in [3.05, 3.63) is 41.2 Å². The summed E-state index contributed by atoms with van der Waals surface area (Å²) in [5.41, 5.74) is -0.718. The minimum Gasteiger partial charge on any atom is -0.374 e. The van der Waals surface area contributed by atoms with Crippen molar-refractivity contribution in [1.82, 2.24) is 9.78 Å². The molecule has 1 aromatic carbocycles. The fraction of sp³-hybridized carbons (Fsp3) is 0.286. The second kappa shape index (κ2) is 6.91. The molecule has 23 heavy (non-hydrogen) atoms. The summed E-state index contributed by atoms with van der Waals surface area (Å²) in [6.45, 7) is 2.39. The van der Waals surface area contributed by atoms with Crippen molar-refractivity contribution in [2.45, 2.75) is 19.6 Å². The Kier molecular flexibility index (Phi) is 5.15. The van der Waals surface area contributed by atoms with Crippen LogP contribution in [-0.2, 0) is 17.5 Å². The summed E-state index contributed by atoms with van der Waals surface area (Å²) in [7, 11) is 0. The highest BCUT2D eigenvalue weighted by Gasteiger charge is 2.34. The molecule has 9 heteroatoms. The Labute approximate surface area is 135 Å². The predicted octanol–water partition coefficient (Wildman–Crippen LogP) is 3.63. The largest absolute Gasteiger partial charge is 0.418 e. The number of hydrogen-bond acceptors (Lipinski definition) is 3. The number of alkyl halides is 3. The van der Waals surface area contributed by atoms with Crippen molar-refractivity contribution >= 4 is 28.9 Å². The van der Waals surface area contributed by atoms with Gasteiger partial charge in [0.25, 0.3) is 0 Å². The molecule has 2 N–H and O–H groups in total. The molecule has 0 fully saturated rings. The molecule has 5 nitrogen and oxygen atoms in total. The second-order valence-electron chi connectivity index (χ2n) is 4.67. The molecule has 1 amide bonds. The first-order chi connectivity index (χ1) is 10.8. The number of nitrogens with one attached hydrogen (secondary N) is 2. The molecule has 0 aliphatic heterocycles. The van der Waals surface area contributed by atoms with Crippen molar-refractivity contribution < 1.29 is 18.0 Å². The highest BCUT2D eigenvalue weighted by molar-refractivity contribution is 6.30. The molecule has 0 aliphatic carbocycles. The summed E-state index contributed by atoms with van der Waals surface area (Å²) in [6.07, 6.45) is -1.39. The lowest BCUT2D eigenvalue weighted by Crippen LogP contribution is -2.23. The van der Waals surface area contributed by atoms with Crippen molar-refractivity contribution in [2.75, 3.05) is 17.2 Å². The number of carbonyl (C=O) groups excluding carboxylic acids is 1. The summed E-state index contributed by atoms with van der Waals surface area (Å²) in [6, 6.07) is 3.18. The van der Waals surface area contributed by atoms with Crippen LogP contribution in [0.15, 0.2) is 30.6 Å². The lowest BCUT2D eigenvalue weighted by atomic mass is 10.1. The first-order valence-electron chi connectivity index (χ1n) is 6.72. The predicted molar refractivity (Wildman–Crippen MR) is 81.5 cm³/mol. The van der Waals surface area contributed by atoms with Gasteiger partial charge < -0.3 is 10.6 Å². The maximum Gasteiger partial charge on any atom is 0.418 e. The Hall–Kier alpha value is -2.22. The van der Waals surface area contributed by atoms with Gasteiger partial charge in [-0.3, -0.25) is 9.48 Å². The third-order valence-electron chi connectivity index (χ3n) is 2.97. The molecule has 2 rings (SSSR count).